The fourth-order valence-electron chi connectivity index (χ4n) is 4.20. The summed E-state index contributed by atoms with van der Waals surface area (Å²) < 4.78 is 0. The van der Waals surface area contributed by atoms with E-state index in [-0.39, 0.29) is 5.92 Å². The van der Waals surface area contributed by atoms with Crippen LogP contribution >= 0.6 is 11.3 Å². The van der Waals surface area contributed by atoms with E-state index in [1.54, 1.807) is 17.4 Å². The predicted molar refractivity (Wildman–Crippen MR) is 127 cm³/mol. The summed E-state index contributed by atoms with van der Waals surface area (Å²) in [5, 5.41) is 14.8. The highest BCUT2D eigenvalue weighted by Crippen LogP contribution is 2.43. The second kappa shape index (κ2) is 8.53. The van der Waals surface area contributed by atoms with Gasteiger partial charge in [0.15, 0.2) is 0 Å². The number of hydrogen-bond acceptors (Lipinski definition) is 4. The Balaban J connectivity index is 1.72. The SMILES string of the molecule is C=C(C)NC(C)(c1cc(-c2cccc(C#N)c2)cs1)C(C=O)c1ccc(C2CC2)cc1. The molecule has 2 atom stereocenters. The van der Waals surface area contributed by atoms with Crippen molar-refractivity contribution in [2.45, 2.75) is 44.1 Å². The van der Waals surface area contributed by atoms with Gasteiger partial charge in [-0.05, 0) is 78.4 Å². The van der Waals surface area contributed by atoms with Crippen LogP contribution < -0.4 is 5.32 Å². The standard InChI is InChI=1S/C27H26N2OS/c1-18(2)29-27(3,25(16-30)22-11-9-21(10-12-22)20-7-8-20)26-14-24(17-31-26)23-6-4-5-19(13-23)15-28/h4-6,9-14,16-17,20,25,29H,1,7-8H2,2-3H3. The van der Waals surface area contributed by atoms with Crippen LogP contribution in [0.15, 0.2) is 72.3 Å². The molecule has 4 rings (SSSR count). The number of aldehydes is 1. The van der Waals surface area contributed by atoms with Crippen molar-refractivity contribution in [1.82, 2.24) is 5.32 Å². The van der Waals surface area contributed by atoms with Crippen molar-refractivity contribution >= 4 is 17.6 Å². The first-order chi connectivity index (χ1) is 14.9. The molecule has 0 aliphatic heterocycles. The molecular weight excluding hydrogens is 400 g/mol. The van der Waals surface area contributed by atoms with Crippen LogP contribution in [-0.4, -0.2) is 6.29 Å². The van der Waals surface area contributed by atoms with Gasteiger partial charge >= 0.3 is 0 Å². The summed E-state index contributed by atoms with van der Waals surface area (Å²) >= 11 is 1.62. The fraction of sp³-hybridized carbons (Fsp3) is 0.259. The Morgan fingerprint density at radius 3 is 2.58 bits per heavy atom. The van der Waals surface area contributed by atoms with Crippen LogP contribution in [-0.2, 0) is 10.3 Å². The molecule has 1 fully saturated rings. The normalized spacial score (nSPS) is 16.0. The maximum absolute atomic E-state index is 12.4. The van der Waals surface area contributed by atoms with Crippen LogP contribution in [0.1, 0.15) is 60.1 Å². The van der Waals surface area contributed by atoms with Crippen molar-refractivity contribution in [2.24, 2.45) is 0 Å². The highest BCUT2D eigenvalue weighted by molar-refractivity contribution is 7.10. The Kier molecular flexibility index (Phi) is 5.80. The molecule has 0 spiro atoms. The highest BCUT2D eigenvalue weighted by atomic mass is 32.1. The smallest absolute Gasteiger partial charge is 0.130 e. The molecule has 1 aromatic heterocycles. The molecule has 31 heavy (non-hydrogen) atoms. The van der Waals surface area contributed by atoms with Crippen LogP contribution in [0.5, 0.6) is 0 Å². The Hall–Kier alpha value is -3.16. The van der Waals surface area contributed by atoms with Crippen LogP contribution in [0, 0.1) is 11.3 Å². The van der Waals surface area contributed by atoms with E-state index >= 15 is 0 Å². The molecule has 156 valence electrons. The molecule has 0 radical (unpaired) electrons. The number of nitrogens with zero attached hydrogens (tertiary/aromatic N) is 1. The van der Waals surface area contributed by atoms with E-state index in [4.69, 9.17) is 0 Å². The highest BCUT2D eigenvalue weighted by Gasteiger charge is 2.38. The van der Waals surface area contributed by atoms with Crippen molar-refractivity contribution in [2.75, 3.05) is 0 Å². The van der Waals surface area contributed by atoms with Gasteiger partial charge in [0, 0.05) is 10.6 Å². The topological polar surface area (TPSA) is 52.9 Å². The second-order valence-corrected chi connectivity index (χ2v) is 9.47. The van der Waals surface area contributed by atoms with Gasteiger partial charge in [-0.15, -0.1) is 11.3 Å². The lowest BCUT2D eigenvalue weighted by Gasteiger charge is -2.36. The molecule has 1 heterocycles. The van der Waals surface area contributed by atoms with Gasteiger partial charge in [0.2, 0.25) is 0 Å². The average molecular weight is 427 g/mol. The third-order valence-electron chi connectivity index (χ3n) is 6.01. The van der Waals surface area contributed by atoms with E-state index in [0.29, 0.717) is 11.5 Å². The number of rotatable bonds is 8. The average Bonchev–Trinajstić information content (AvgIpc) is 3.49. The summed E-state index contributed by atoms with van der Waals surface area (Å²) in [6.07, 6.45) is 3.56. The Morgan fingerprint density at radius 1 is 1.23 bits per heavy atom. The molecule has 1 N–H and O–H groups in total. The molecule has 0 saturated heterocycles. The van der Waals surface area contributed by atoms with Gasteiger partial charge in [0.1, 0.15) is 6.29 Å². The summed E-state index contributed by atoms with van der Waals surface area (Å²) in [5.41, 5.74) is 5.21. The van der Waals surface area contributed by atoms with E-state index in [9.17, 15) is 10.1 Å². The number of carbonyl (C=O) groups excluding carboxylic acids is 1. The first kappa shape index (κ1) is 21.1. The Morgan fingerprint density at radius 2 is 1.97 bits per heavy atom. The van der Waals surface area contributed by atoms with Crippen molar-refractivity contribution < 1.29 is 4.79 Å². The molecule has 2 unspecified atom stereocenters. The van der Waals surface area contributed by atoms with Crippen molar-refractivity contribution in [1.29, 1.82) is 5.26 Å². The summed E-state index contributed by atoms with van der Waals surface area (Å²) in [6, 6.07) is 20.4. The Labute approximate surface area is 188 Å². The van der Waals surface area contributed by atoms with Gasteiger partial charge in [-0.25, -0.2) is 0 Å². The van der Waals surface area contributed by atoms with Crippen molar-refractivity contribution in [3.05, 3.63) is 93.8 Å². The quantitative estimate of drug-likeness (QED) is 0.419. The molecule has 1 saturated carbocycles. The molecule has 3 nitrogen and oxygen atoms in total. The van der Waals surface area contributed by atoms with E-state index in [0.717, 1.165) is 33.6 Å². The monoisotopic (exact) mass is 426 g/mol. The first-order valence-corrected chi connectivity index (χ1v) is 11.4. The third-order valence-corrected chi connectivity index (χ3v) is 7.18. The van der Waals surface area contributed by atoms with E-state index in [2.05, 4.69) is 60.6 Å². The van der Waals surface area contributed by atoms with Gasteiger partial charge < -0.3 is 10.1 Å². The number of hydrogen-bond donors (Lipinski definition) is 1. The van der Waals surface area contributed by atoms with Gasteiger partial charge in [-0.3, -0.25) is 0 Å². The summed E-state index contributed by atoms with van der Waals surface area (Å²) in [7, 11) is 0. The summed E-state index contributed by atoms with van der Waals surface area (Å²) in [4.78, 5) is 13.4. The fourth-order valence-corrected chi connectivity index (χ4v) is 5.28. The zero-order chi connectivity index (χ0) is 22.0. The number of allylic oxidation sites excluding steroid dienone is 1. The molecule has 0 amide bonds. The minimum atomic E-state index is -0.634. The molecule has 0 bridgehead atoms. The molecular formula is C27H26N2OS. The van der Waals surface area contributed by atoms with E-state index in [1.807, 2.05) is 25.1 Å². The lowest BCUT2D eigenvalue weighted by atomic mass is 9.79. The van der Waals surface area contributed by atoms with Crippen LogP contribution in [0.3, 0.4) is 0 Å². The number of thiophene rings is 1. The van der Waals surface area contributed by atoms with Gasteiger partial charge in [0.25, 0.3) is 0 Å². The summed E-state index contributed by atoms with van der Waals surface area (Å²) in [5.74, 6) is 0.321. The van der Waals surface area contributed by atoms with E-state index in [1.165, 1.54) is 18.4 Å². The zero-order valence-electron chi connectivity index (χ0n) is 17.9. The lowest BCUT2D eigenvalue weighted by Crippen LogP contribution is -2.43. The molecule has 4 heteroatoms. The van der Waals surface area contributed by atoms with E-state index < -0.39 is 5.54 Å². The predicted octanol–water partition coefficient (Wildman–Crippen LogP) is 6.49. The number of nitrogens with one attached hydrogen (secondary N) is 1. The first-order valence-electron chi connectivity index (χ1n) is 10.5. The lowest BCUT2D eigenvalue weighted by molar-refractivity contribution is -0.110. The van der Waals surface area contributed by atoms with Crippen LogP contribution in [0.2, 0.25) is 0 Å². The number of nitriles is 1. The minimum absolute atomic E-state index is 0.366. The van der Waals surface area contributed by atoms with Crippen molar-refractivity contribution in [3.63, 3.8) is 0 Å². The van der Waals surface area contributed by atoms with Crippen LogP contribution in [0.4, 0.5) is 0 Å². The number of carbonyl (C=O) groups is 1. The second-order valence-electron chi connectivity index (χ2n) is 8.55. The van der Waals surface area contributed by atoms with Crippen molar-refractivity contribution in [3.8, 4) is 17.2 Å². The Bertz CT molecular complexity index is 1150. The van der Waals surface area contributed by atoms with Gasteiger partial charge in [-0.1, -0.05) is 43.0 Å². The largest absolute Gasteiger partial charge is 0.378 e. The molecule has 1 aliphatic carbocycles. The summed E-state index contributed by atoms with van der Waals surface area (Å²) in [6.45, 7) is 8.03. The van der Waals surface area contributed by atoms with Gasteiger partial charge in [0.05, 0.1) is 23.1 Å². The molecule has 1 aliphatic rings. The van der Waals surface area contributed by atoms with Gasteiger partial charge in [-0.2, -0.15) is 5.26 Å². The maximum atomic E-state index is 12.4. The van der Waals surface area contributed by atoms with Crippen LogP contribution in [0.25, 0.3) is 11.1 Å². The molecule has 2 aromatic carbocycles. The number of benzene rings is 2. The zero-order valence-corrected chi connectivity index (χ0v) is 18.7. The molecule has 3 aromatic rings. The third kappa shape index (κ3) is 4.33. The minimum Gasteiger partial charge on any atom is -0.378 e. The maximum Gasteiger partial charge on any atom is 0.130 e.